The predicted molar refractivity (Wildman–Crippen MR) is 88.4 cm³/mol. The van der Waals surface area contributed by atoms with E-state index in [1.54, 1.807) is 55.8 Å². The number of aromatic nitrogens is 3. The Labute approximate surface area is 140 Å². The van der Waals surface area contributed by atoms with Gasteiger partial charge >= 0.3 is 0 Å². The second-order valence-corrected chi connectivity index (χ2v) is 6.75. The van der Waals surface area contributed by atoms with Crippen LogP contribution in [0.1, 0.15) is 5.56 Å². The molecule has 0 spiro atoms. The molecule has 0 atom stereocenters. The van der Waals surface area contributed by atoms with Gasteiger partial charge in [0.1, 0.15) is 10.6 Å². The molecule has 1 aromatic carbocycles. The number of pyridine rings is 1. The topological polar surface area (TPSA) is 86.1 Å². The molecule has 0 aliphatic carbocycles. The van der Waals surface area contributed by atoms with Crippen molar-refractivity contribution in [3.05, 3.63) is 66.6 Å². The Morgan fingerprint density at radius 2 is 1.96 bits per heavy atom. The van der Waals surface area contributed by atoms with Gasteiger partial charge in [0.2, 0.25) is 10.0 Å². The molecule has 0 bridgehead atoms. The van der Waals surface area contributed by atoms with E-state index < -0.39 is 10.0 Å². The SMILES string of the molecule is COc1ccc(CNS(=O)(=O)c2cnn(-c3ccccn3)c2)cc1. The van der Waals surface area contributed by atoms with E-state index in [1.165, 1.54) is 17.1 Å². The van der Waals surface area contributed by atoms with Gasteiger partial charge in [0.05, 0.1) is 19.5 Å². The molecular weight excluding hydrogens is 328 g/mol. The molecule has 24 heavy (non-hydrogen) atoms. The number of benzene rings is 1. The molecule has 3 rings (SSSR count). The highest BCUT2D eigenvalue weighted by atomic mass is 32.2. The van der Waals surface area contributed by atoms with Gasteiger partial charge in [0.15, 0.2) is 5.82 Å². The summed E-state index contributed by atoms with van der Waals surface area (Å²) in [5.74, 6) is 1.27. The van der Waals surface area contributed by atoms with Crippen LogP contribution in [0.15, 0.2) is 66.0 Å². The van der Waals surface area contributed by atoms with Crippen LogP contribution in [0.3, 0.4) is 0 Å². The Morgan fingerprint density at radius 1 is 1.17 bits per heavy atom. The van der Waals surface area contributed by atoms with Crippen LogP contribution in [0.2, 0.25) is 0 Å². The molecule has 2 heterocycles. The second kappa shape index (κ2) is 6.81. The van der Waals surface area contributed by atoms with Gasteiger partial charge in [-0.25, -0.2) is 22.8 Å². The fourth-order valence-electron chi connectivity index (χ4n) is 2.06. The smallest absolute Gasteiger partial charge is 0.244 e. The zero-order valence-corrected chi connectivity index (χ0v) is 13.8. The molecule has 0 aliphatic heterocycles. The standard InChI is InChI=1S/C16H16N4O3S/c1-23-14-7-5-13(6-8-14)10-19-24(21,22)15-11-18-20(12-15)16-4-2-3-9-17-16/h2-9,11-12,19H,10H2,1H3. The van der Waals surface area contributed by atoms with E-state index in [0.29, 0.717) is 5.82 Å². The van der Waals surface area contributed by atoms with Gasteiger partial charge in [-0.15, -0.1) is 0 Å². The highest BCUT2D eigenvalue weighted by Gasteiger charge is 2.16. The van der Waals surface area contributed by atoms with Gasteiger partial charge < -0.3 is 4.74 Å². The average molecular weight is 344 g/mol. The summed E-state index contributed by atoms with van der Waals surface area (Å²) in [6.07, 6.45) is 4.34. The summed E-state index contributed by atoms with van der Waals surface area (Å²) in [6, 6.07) is 12.5. The molecule has 124 valence electrons. The van der Waals surface area contributed by atoms with E-state index in [1.807, 2.05) is 0 Å². The number of rotatable bonds is 6. The Balaban J connectivity index is 1.72. The van der Waals surface area contributed by atoms with Crippen molar-refractivity contribution in [3.8, 4) is 11.6 Å². The van der Waals surface area contributed by atoms with Crippen molar-refractivity contribution in [2.45, 2.75) is 11.4 Å². The molecule has 1 N–H and O–H groups in total. The van der Waals surface area contributed by atoms with Crippen molar-refractivity contribution in [2.24, 2.45) is 0 Å². The molecule has 0 unspecified atom stereocenters. The summed E-state index contributed by atoms with van der Waals surface area (Å²) in [5, 5.41) is 4.05. The molecule has 0 fully saturated rings. The minimum absolute atomic E-state index is 0.0849. The first-order valence-electron chi connectivity index (χ1n) is 7.17. The lowest BCUT2D eigenvalue weighted by Crippen LogP contribution is -2.22. The third kappa shape index (κ3) is 3.61. The van der Waals surface area contributed by atoms with E-state index in [-0.39, 0.29) is 11.4 Å². The van der Waals surface area contributed by atoms with Gasteiger partial charge in [-0.3, -0.25) is 0 Å². The Kier molecular flexibility index (Phi) is 4.59. The van der Waals surface area contributed by atoms with Gasteiger partial charge in [0.25, 0.3) is 0 Å². The van der Waals surface area contributed by atoms with E-state index in [2.05, 4.69) is 14.8 Å². The predicted octanol–water partition coefficient (Wildman–Crippen LogP) is 1.75. The number of hydrogen-bond donors (Lipinski definition) is 1. The molecule has 0 aliphatic rings. The molecule has 0 radical (unpaired) electrons. The third-order valence-corrected chi connectivity index (χ3v) is 4.73. The zero-order chi connectivity index (χ0) is 17.0. The summed E-state index contributed by atoms with van der Waals surface area (Å²) in [7, 11) is -2.07. The third-order valence-electron chi connectivity index (χ3n) is 3.38. The van der Waals surface area contributed by atoms with Gasteiger partial charge in [0, 0.05) is 12.7 Å². The van der Waals surface area contributed by atoms with Crippen molar-refractivity contribution in [3.63, 3.8) is 0 Å². The summed E-state index contributed by atoms with van der Waals surface area (Å²) in [5.41, 5.74) is 0.830. The van der Waals surface area contributed by atoms with Crippen LogP contribution in [0.5, 0.6) is 5.75 Å². The second-order valence-electron chi connectivity index (χ2n) is 4.98. The Morgan fingerprint density at radius 3 is 2.62 bits per heavy atom. The Hall–Kier alpha value is -2.71. The number of ether oxygens (including phenoxy) is 1. The summed E-state index contributed by atoms with van der Waals surface area (Å²) < 4.78 is 33.8. The summed E-state index contributed by atoms with van der Waals surface area (Å²) in [6.45, 7) is 0.182. The lowest BCUT2D eigenvalue weighted by Gasteiger charge is -2.06. The fraction of sp³-hybridized carbons (Fsp3) is 0.125. The lowest BCUT2D eigenvalue weighted by molar-refractivity contribution is 0.414. The highest BCUT2D eigenvalue weighted by molar-refractivity contribution is 7.89. The summed E-state index contributed by atoms with van der Waals surface area (Å²) in [4.78, 5) is 4.21. The molecule has 7 nitrogen and oxygen atoms in total. The molecule has 2 aromatic heterocycles. The van der Waals surface area contributed by atoms with E-state index in [9.17, 15) is 8.42 Å². The number of sulfonamides is 1. The maximum atomic E-state index is 12.4. The quantitative estimate of drug-likeness (QED) is 0.736. The highest BCUT2D eigenvalue weighted by Crippen LogP contribution is 2.13. The van der Waals surface area contributed by atoms with Crippen molar-refractivity contribution in [1.29, 1.82) is 0 Å². The largest absolute Gasteiger partial charge is 0.497 e. The molecule has 0 saturated carbocycles. The zero-order valence-electron chi connectivity index (χ0n) is 13.0. The monoisotopic (exact) mass is 344 g/mol. The first-order chi connectivity index (χ1) is 11.6. The van der Waals surface area contributed by atoms with Crippen molar-refractivity contribution >= 4 is 10.0 Å². The molecule has 8 heteroatoms. The van der Waals surface area contributed by atoms with Crippen LogP contribution >= 0.6 is 0 Å². The average Bonchev–Trinajstić information content (AvgIpc) is 3.12. The lowest BCUT2D eigenvalue weighted by atomic mass is 10.2. The molecule has 0 saturated heterocycles. The van der Waals surface area contributed by atoms with Crippen LogP contribution in [-0.4, -0.2) is 30.3 Å². The first kappa shape index (κ1) is 16.2. The van der Waals surface area contributed by atoms with Crippen molar-refractivity contribution in [2.75, 3.05) is 7.11 Å². The first-order valence-corrected chi connectivity index (χ1v) is 8.65. The van der Waals surface area contributed by atoms with E-state index in [4.69, 9.17) is 4.74 Å². The van der Waals surface area contributed by atoms with Gasteiger partial charge in [-0.2, -0.15) is 5.10 Å². The fourth-order valence-corrected chi connectivity index (χ4v) is 3.01. The molecule has 3 aromatic rings. The molecule has 0 amide bonds. The van der Waals surface area contributed by atoms with Crippen LogP contribution in [0.25, 0.3) is 5.82 Å². The summed E-state index contributed by atoms with van der Waals surface area (Å²) >= 11 is 0. The number of methoxy groups -OCH3 is 1. The van der Waals surface area contributed by atoms with Gasteiger partial charge in [-0.1, -0.05) is 18.2 Å². The maximum Gasteiger partial charge on any atom is 0.244 e. The number of nitrogens with zero attached hydrogens (tertiary/aromatic N) is 3. The van der Waals surface area contributed by atoms with Crippen LogP contribution < -0.4 is 9.46 Å². The Bertz CT molecular complexity index is 906. The van der Waals surface area contributed by atoms with Crippen LogP contribution in [0.4, 0.5) is 0 Å². The van der Waals surface area contributed by atoms with Crippen LogP contribution in [-0.2, 0) is 16.6 Å². The minimum atomic E-state index is -3.65. The van der Waals surface area contributed by atoms with Crippen molar-refractivity contribution < 1.29 is 13.2 Å². The maximum absolute atomic E-state index is 12.4. The number of hydrogen-bond acceptors (Lipinski definition) is 5. The van der Waals surface area contributed by atoms with Gasteiger partial charge in [-0.05, 0) is 29.8 Å². The minimum Gasteiger partial charge on any atom is -0.497 e. The van der Waals surface area contributed by atoms with Crippen molar-refractivity contribution in [1.82, 2.24) is 19.5 Å². The number of nitrogens with one attached hydrogen (secondary N) is 1. The molecular formula is C16H16N4O3S. The van der Waals surface area contributed by atoms with E-state index in [0.717, 1.165) is 11.3 Å². The van der Waals surface area contributed by atoms with E-state index >= 15 is 0 Å². The normalized spacial score (nSPS) is 11.4. The van der Waals surface area contributed by atoms with Crippen LogP contribution in [0, 0.1) is 0 Å².